The molecule has 55 heavy (non-hydrogen) atoms. The second kappa shape index (κ2) is 13.5. The first-order chi connectivity index (χ1) is 26.1. The van der Waals surface area contributed by atoms with Crippen LogP contribution < -0.4 is 0 Å². The number of alkyl halides is 2. The summed E-state index contributed by atoms with van der Waals surface area (Å²) in [5.41, 5.74) is 3.87. The van der Waals surface area contributed by atoms with Gasteiger partial charge in [-0.25, -0.2) is 19.6 Å². The smallest absolute Gasteiger partial charge is 0.410 e. The van der Waals surface area contributed by atoms with Gasteiger partial charge in [-0.15, -0.1) is 0 Å². The molecule has 4 aliphatic rings. The number of H-pyrrole nitrogens is 2. The zero-order chi connectivity index (χ0) is 38.9. The molecule has 288 valence electrons. The molecule has 0 saturated carbocycles. The van der Waals surface area contributed by atoms with Crippen molar-refractivity contribution in [3.8, 4) is 22.5 Å². The Kier molecular flexibility index (Phi) is 9.00. The molecule has 2 aliphatic carbocycles. The minimum atomic E-state index is -3.17. The lowest BCUT2D eigenvalue weighted by Gasteiger charge is -2.27. The Morgan fingerprint density at radius 2 is 1.31 bits per heavy atom. The SMILES string of the molecule is CC(C)(C)OC(=O)N1CCC[C@H]1c1ncc(-c2ccc(C3C=C4C(=CC3)c3ccc(-c5cnc([C@@H]6CCCN6C(=O)OC(C)(C)C)[nH]5)cc3C4(F)F)cc2)[nH]1. The van der Waals surface area contributed by atoms with E-state index in [1.165, 1.54) is 0 Å². The van der Waals surface area contributed by atoms with E-state index in [0.717, 1.165) is 48.3 Å². The Labute approximate surface area is 320 Å². The Hall–Kier alpha value is -5.26. The van der Waals surface area contributed by atoms with Crippen molar-refractivity contribution in [1.82, 2.24) is 29.7 Å². The third kappa shape index (κ3) is 7.07. The normalized spacial score (nSPS) is 21.9. The fourth-order valence-corrected chi connectivity index (χ4v) is 8.22. The van der Waals surface area contributed by atoms with E-state index in [9.17, 15) is 9.59 Å². The van der Waals surface area contributed by atoms with Crippen LogP contribution in [0.2, 0.25) is 0 Å². The van der Waals surface area contributed by atoms with E-state index in [-0.39, 0.29) is 41.3 Å². The van der Waals surface area contributed by atoms with Crippen LogP contribution in [0, 0.1) is 0 Å². The van der Waals surface area contributed by atoms with Gasteiger partial charge >= 0.3 is 12.2 Å². The first-order valence-corrected chi connectivity index (χ1v) is 19.2. The number of halogens is 2. The molecule has 0 bridgehead atoms. The lowest BCUT2D eigenvalue weighted by atomic mass is 9.85. The molecule has 2 saturated heterocycles. The number of imidazole rings is 2. The number of aromatic amines is 2. The second-order valence-corrected chi connectivity index (χ2v) is 17.0. The van der Waals surface area contributed by atoms with E-state index >= 15 is 8.78 Å². The maximum absolute atomic E-state index is 16.3. The molecule has 12 heteroatoms. The fraction of sp³-hybridized carbons (Fsp3) is 0.442. The summed E-state index contributed by atoms with van der Waals surface area (Å²) in [5, 5.41) is 0. The van der Waals surface area contributed by atoms with Gasteiger partial charge in [0.2, 0.25) is 0 Å². The average Bonchev–Trinajstić information content (AvgIpc) is 3.97. The maximum Gasteiger partial charge on any atom is 0.410 e. The van der Waals surface area contributed by atoms with Crippen molar-refractivity contribution in [2.45, 2.75) is 109 Å². The van der Waals surface area contributed by atoms with Crippen LogP contribution in [0.5, 0.6) is 0 Å². The largest absolute Gasteiger partial charge is 0.444 e. The van der Waals surface area contributed by atoms with E-state index in [1.54, 1.807) is 40.4 Å². The van der Waals surface area contributed by atoms with Gasteiger partial charge in [0.05, 0.1) is 35.9 Å². The van der Waals surface area contributed by atoms with Crippen LogP contribution in [-0.4, -0.2) is 66.2 Å². The van der Waals surface area contributed by atoms with Gasteiger partial charge in [0.15, 0.2) is 0 Å². The molecule has 1 unspecified atom stereocenters. The maximum atomic E-state index is 16.3. The van der Waals surface area contributed by atoms with E-state index in [0.29, 0.717) is 47.7 Å². The van der Waals surface area contributed by atoms with Crippen molar-refractivity contribution in [1.29, 1.82) is 0 Å². The number of fused-ring (bicyclic) bond motifs is 3. The topological polar surface area (TPSA) is 116 Å². The van der Waals surface area contributed by atoms with Crippen LogP contribution in [0.4, 0.5) is 18.4 Å². The third-order valence-electron chi connectivity index (χ3n) is 10.8. The molecular weight excluding hydrogens is 703 g/mol. The van der Waals surface area contributed by atoms with Gasteiger partial charge in [0.25, 0.3) is 5.92 Å². The molecule has 2 fully saturated rings. The number of benzene rings is 2. The number of hydrogen-bond acceptors (Lipinski definition) is 6. The molecule has 10 nitrogen and oxygen atoms in total. The minimum absolute atomic E-state index is 0.0200. The van der Waals surface area contributed by atoms with Crippen LogP contribution >= 0.6 is 0 Å². The standard InChI is InChI=1S/C43H48F2N6O4/c1-41(2,3)54-39(52)50-19-7-9-35(50)37-46-23-33(48-37)26-13-11-25(12-14-26)27-15-17-29-30-18-16-28(22-32(30)43(44,45)31(29)21-27)34-24-47-38(49-34)36-10-8-20-51(36)40(53)55-42(4,5)6/h11-14,16-18,21-24,27,35-36H,7-10,15,19-20H2,1-6H3,(H,46,48)(H,47,49)/t27?,35-,36-/m0/s1. The highest BCUT2D eigenvalue weighted by Gasteiger charge is 2.48. The van der Waals surface area contributed by atoms with Crippen molar-refractivity contribution >= 4 is 17.8 Å². The summed E-state index contributed by atoms with van der Waals surface area (Å²) < 4.78 is 43.9. The van der Waals surface area contributed by atoms with Crippen LogP contribution in [-0.2, 0) is 15.4 Å². The Bertz CT molecular complexity index is 2190. The van der Waals surface area contributed by atoms with Gasteiger partial charge in [-0.3, -0.25) is 9.80 Å². The lowest BCUT2D eigenvalue weighted by molar-refractivity contribution is 0.0208. The minimum Gasteiger partial charge on any atom is -0.444 e. The molecule has 2 aromatic heterocycles. The van der Waals surface area contributed by atoms with Crippen molar-refractivity contribution in [3.05, 3.63) is 101 Å². The summed E-state index contributed by atoms with van der Waals surface area (Å²) >= 11 is 0. The van der Waals surface area contributed by atoms with Crippen LogP contribution in [0.25, 0.3) is 28.1 Å². The first kappa shape index (κ1) is 36.7. The Balaban J connectivity index is 0.972. The van der Waals surface area contributed by atoms with Crippen molar-refractivity contribution in [2.24, 2.45) is 0 Å². The number of aromatic nitrogens is 4. The van der Waals surface area contributed by atoms with E-state index in [4.69, 9.17) is 9.47 Å². The average molecular weight is 751 g/mol. The fourth-order valence-electron chi connectivity index (χ4n) is 8.22. The molecule has 8 rings (SSSR count). The number of ether oxygens (including phenoxy) is 2. The number of carbonyl (C=O) groups is 2. The number of carbonyl (C=O) groups excluding carboxylic acids is 2. The van der Waals surface area contributed by atoms with E-state index in [2.05, 4.69) is 19.9 Å². The number of allylic oxidation sites excluding steroid dienone is 4. The molecule has 0 radical (unpaired) electrons. The highest BCUT2D eigenvalue weighted by molar-refractivity contribution is 5.90. The zero-order valence-electron chi connectivity index (χ0n) is 32.2. The van der Waals surface area contributed by atoms with Crippen molar-refractivity contribution in [3.63, 3.8) is 0 Å². The lowest BCUT2D eigenvalue weighted by Crippen LogP contribution is -2.36. The molecule has 2 aromatic carbocycles. The highest BCUT2D eigenvalue weighted by Crippen LogP contribution is 2.55. The molecular formula is C43H48F2N6O4. The van der Waals surface area contributed by atoms with Gasteiger partial charge in [0.1, 0.15) is 22.9 Å². The highest BCUT2D eigenvalue weighted by atomic mass is 19.3. The second-order valence-electron chi connectivity index (χ2n) is 17.0. The number of rotatable bonds is 5. The van der Waals surface area contributed by atoms with Crippen LogP contribution in [0.1, 0.15) is 120 Å². The van der Waals surface area contributed by atoms with E-state index in [1.807, 2.05) is 78.0 Å². The first-order valence-electron chi connectivity index (χ1n) is 19.2. The number of likely N-dealkylation sites (tertiary alicyclic amines) is 2. The third-order valence-corrected chi connectivity index (χ3v) is 10.8. The Morgan fingerprint density at radius 1 is 0.782 bits per heavy atom. The number of hydrogen-bond donors (Lipinski definition) is 2. The number of nitrogens with one attached hydrogen (secondary N) is 2. The molecule has 2 N–H and O–H groups in total. The summed E-state index contributed by atoms with van der Waals surface area (Å²) in [6.07, 6.45) is 10.2. The summed E-state index contributed by atoms with van der Waals surface area (Å²) in [6, 6.07) is 12.7. The van der Waals surface area contributed by atoms with Gasteiger partial charge in [-0.2, -0.15) is 8.78 Å². The van der Waals surface area contributed by atoms with Crippen molar-refractivity contribution in [2.75, 3.05) is 13.1 Å². The molecule has 2 aliphatic heterocycles. The monoisotopic (exact) mass is 750 g/mol. The quantitative estimate of drug-likeness (QED) is 0.210. The molecule has 4 aromatic rings. The van der Waals surface area contributed by atoms with Gasteiger partial charge in [-0.05, 0) is 102 Å². The van der Waals surface area contributed by atoms with Gasteiger partial charge < -0.3 is 19.4 Å². The van der Waals surface area contributed by atoms with Gasteiger partial charge in [-0.1, -0.05) is 48.6 Å². The summed E-state index contributed by atoms with van der Waals surface area (Å²) in [5.74, 6) is -2.04. The summed E-state index contributed by atoms with van der Waals surface area (Å²) in [4.78, 5) is 45.1. The molecule has 4 heterocycles. The summed E-state index contributed by atoms with van der Waals surface area (Å²) in [6.45, 7) is 12.3. The molecule has 3 atom stereocenters. The van der Waals surface area contributed by atoms with Gasteiger partial charge in [0, 0.05) is 35.7 Å². The molecule has 0 spiro atoms. The number of nitrogens with zero attached hydrogens (tertiary/aromatic N) is 4. The van der Waals surface area contributed by atoms with Crippen molar-refractivity contribution < 1.29 is 27.8 Å². The zero-order valence-corrected chi connectivity index (χ0v) is 32.2. The number of amides is 2. The predicted octanol–water partition coefficient (Wildman–Crippen LogP) is 10.2. The van der Waals surface area contributed by atoms with Crippen LogP contribution in [0.15, 0.2) is 72.6 Å². The Morgan fingerprint density at radius 3 is 1.85 bits per heavy atom. The van der Waals surface area contributed by atoms with E-state index < -0.39 is 17.1 Å². The summed E-state index contributed by atoms with van der Waals surface area (Å²) in [7, 11) is 0. The van der Waals surface area contributed by atoms with Crippen LogP contribution in [0.3, 0.4) is 0 Å². The predicted molar refractivity (Wildman–Crippen MR) is 205 cm³/mol. The molecule has 2 amide bonds.